The van der Waals surface area contributed by atoms with Gasteiger partial charge in [0.1, 0.15) is 5.82 Å². The summed E-state index contributed by atoms with van der Waals surface area (Å²) in [4.78, 5) is 17.1. The first-order valence-corrected chi connectivity index (χ1v) is 6.06. The van der Waals surface area contributed by atoms with Gasteiger partial charge in [-0.05, 0) is 30.3 Å². The minimum absolute atomic E-state index is 0.364. The van der Waals surface area contributed by atoms with Crippen LogP contribution in [0.3, 0.4) is 0 Å². The maximum atomic E-state index is 13.1. The van der Waals surface area contributed by atoms with Crippen molar-refractivity contribution in [1.82, 2.24) is 4.98 Å². The van der Waals surface area contributed by atoms with Gasteiger partial charge in [0.05, 0.1) is 0 Å². The SMILES string of the molecule is CN(CCc1ccccn1)c1ccc(F)cc1C=O. The normalized spacial score (nSPS) is 10.2. The van der Waals surface area contributed by atoms with Gasteiger partial charge in [-0.3, -0.25) is 9.78 Å². The lowest BCUT2D eigenvalue weighted by molar-refractivity contribution is 0.112. The zero-order valence-electron chi connectivity index (χ0n) is 10.7. The average molecular weight is 258 g/mol. The number of aldehydes is 1. The summed E-state index contributed by atoms with van der Waals surface area (Å²) in [5.41, 5.74) is 2.08. The molecule has 0 saturated carbocycles. The molecule has 0 spiro atoms. The Balaban J connectivity index is 2.08. The maximum absolute atomic E-state index is 13.1. The third kappa shape index (κ3) is 3.37. The molecule has 0 aliphatic rings. The van der Waals surface area contributed by atoms with E-state index in [-0.39, 0.29) is 0 Å². The minimum atomic E-state index is -0.399. The maximum Gasteiger partial charge on any atom is 0.152 e. The van der Waals surface area contributed by atoms with Crippen LogP contribution in [0.25, 0.3) is 0 Å². The third-order valence-electron chi connectivity index (χ3n) is 2.96. The van der Waals surface area contributed by atoms with Crippen molar-refractivity contribution in [2.75, 3.05) is 18.5 Å². The summed E-state index contributed by atoms with van der Waals surface area (Å²) in [6.45, 7) is 0.712. The Kier molecular flexibility index (Phi) is 4.23. The number of nitrogens with zero attached hydrogens (tertiary/aromatic N) is 2. The van der Waals surface area contributed by atoms with Gasteiger partial charge in [-0.1, -0.05) is 6.07 Å². The van der Waals surface area contributed by atoms with Gasteiger partial charge in [0.15, 0.2) is 6.29 Å². The largest absolute Gasteiger partial charge is 0.374 e. The number of anilines is 1. The third-order valence-corrected chi connectivity index (χ3v) is 2.96. The average Bonchev–Trinajstić information content (AvgIpc) is 2.45. The summed E-state index contributed by atoms with van der Waals surface area (Å²) in [5, 5.41) is 0. The molecule has 0 radical (unpaired) electrons. The van der Waals surface area contributed by atoms with E-state index in [1.165, 1.54) is 12.1 Å². The van der Waals surface area contributed by atoms with Gasteiger partial charge in [0.25, 0.3) is 0 Å². The Morgan fingerprint density at radius 2 is 2.16 bits per heavy atom. The van der Waals surface area contributed by atoms with Crippen molar-refractivity contribution in [2.24, 2.45) is 0 Å². The molecule has 3 nitrogen and oxygen atoms in total. The molecule has 1 aromatic heterocycles. The van der Waals surface area contributed by atoms with E-state index in [9.17, 15) is 9.18 Å². The molecule has 0 aliphatic carbocycles. The molecule has 0 saturated heterocycles. The van der Waals surface area contributed by atoms with Crippen molar-refractivity contribution in [3.05, 3.63) is 59.7 Å². The summed E-state index contributed by atoms with van der Waals surface area (Å²) >= 11 is 0. The number of hydrogen-bond acceptors (Lipinski definition) is 3. The van der Waals surface area contributed by atoms with Crippen molar-refractivity contribution in [3.63, 3.8) is 0 Å². The number of benzene rings is 1. The van der Waals surface area contributed by atoms with Crippen LogP contribution in [0.15, 0.2) is 42.6 Å². The van der Waals surface area contributed by atoms with E-state index in [2.05, 4.69) is 4.98 Å². The van der Waals surface area contributed by atoms with Crippen LogP contribution >= 0.6 is 0 Å². The number of rotatable bonds is 5. The predicted octanol–water partition coefficient (Wildman–Crippen LogP) is 2.71. The fourth-order valence-electron chi connectivity index (χ4n) is 1.92. The second-order valence-corrected chi connectivity index (χ2v) is 4.31. The van der Waals surface area contributed by atoms with E-state index < -0.39 is 5.82 Å². The molecule has 4 heteroatoms. The molecular formula is C15H15FN2O. The quantitative estimate of drug-likeness (QED) is 0.773. The predicted molar refractivity (Wildman–Crippen MR) is 73.0 cm³/mol. The van der Waals surface area contributed by atoms with Crippen LogP contribution in [0.4, 0.5) is 10.1 Å². The summed E-state index contributed by atoms with van der Waals surface area (Å²) < 4.78 is 13.1. The van der Waals surface area contributed by atoms with Crippen LogP contribution in [0.1, 0.15) is 16.1 Å². The summed E-state index contributed by atoms with van der Waals surface area (Å²) in [5.74, 6) is -0.399. The second kappa shape index (κ2) is 6.09. The standard InChI is InChI=1S/C15H15FN2O/c1-18(9-7-14-4-2-3-8-17-14)15-6-5-13(16)10-12(15)11-19/h2-6,8,10-11H,7,9H2,1H3. The Labute approximate surface area is 111 Å². The molecule has 1 aromatic carbocycles. The Morgan fingerprint density at radius 3 is 2.84 bits per heavy atom. The molecule has 0 N–H and O–H groups in total. The first-order valence-electron chi connectivity index (χ1n) is 6.06. The smallest absolute Gasteiger partial charge is 0.152 e. The van der Waals surface area contributed by atoms with Gasteiger partial charge in [-0.2, -0.15) is 0 Å². The molecule has 0 amide bonds. The van der Waals surface area contributed by atoms with E-state index in [1.807, 2.05) is 30.1 Å². The van der Waals surface area contributed by atoms with Gasteiger partial charge < -0.3 is 4.90 Å². The number of likely N-dealkylation sites (N-methyl/N-ethyl adjacent to an activating group) is 1. The highest BCUT2D eigenvalue weighted by atomic mass is 19.1. The number of pyridine rings is 1. The first kappa shape index (κ1) is 13.2. The second-order valence-electron chi connectivity index (χ2n) is 4.31. The van der Waals surface area contributed by atoms with Gasteiger partial charge in [0.2, 0.25) is 0 Å². The van der Waals surface area contributed by atoms with Crippen LogP contribution in [-0.4, -0.2) is 24.9 Å². The molecular weight excluding hydrogens is 243 g/mol. The number of hydrogen-bond donors (Lipinski definition) is 0. The van der Waals surface area contributed by atoms with Crippen LogP contribution in [0.2, 0.25) is 0 Å². The monoisotopic (exact) mass is 258 g/mol. The molecule has 0 unspecified atom stereocenters. The minimum Gasteiger partial charge on any atom is -0.374 e. The van der Waals surface area contributed by atoms with Gasteiger partial charge in [-0.15, -0.1) is 0 Å². The molecule has 98 valence electrons. The lowest BCUT2D eigenvalue weighted by atomic mass is 10.1. The van der Waals surface area contributed by atoms with Crippen LogP contribution in [-0.2, 0) is 6.42 Å². The number of carbonyl (C=O) groups is 1. The van der Waals surface area contributed by atoms with E-state index in [1.54, 1.807) is 12.3 Å². The first-order chi connectivity index (χ1) is 9.20. The molecule has 2 aromatic rings. The van der Waals surface area contributed by atoms with E-state index in [0.29, 0.717) is 18.4 Å². The Hall–Kier alpha value is -2.23. The topological polar surface area (TPSA) is 33.2 Å². The fourth-order valence-corrected chi connectivity index (χ4v) is 1.92. The lowest BCUT2D eigenvalue weighted by Crippen LogP contribution is -2.22. The zero-order valence-corrected chi connectivity index (χ0v) is 10.7. The van der Waals surface area contributed by atoms with Crippen molar-refractivity contribution in [3.8, 4) is 0 Å². The van der Waals surface area contributed by atoms with Gasteiger partial charge in [0, 0.05) is 43.2 Å². The lowest BCUT2D eigenvalue weighted by Gasteiger charge is -2.20. The zero-order chi connectivity index (χ0) is 13.7. The molecule has 1 heterocycles. The summed E-state index contributed by atoms with van der Waals surface area (Å²) in [6.07, 6.45) is 3.20. The molecule has 0 bridgehead atoms. The summed E-state index contributed by atoms with van der Waals surface area (Å²) in [6, 6.07) is 10.0. The van der Waals surface area contributed by atoms with Crippen molar-refractivity contribution >= 4 is 12.0 Å². The van der Waals surface area contributed by atoms with Crippen LogP contribution in [0.5, 0.6) is 0 Å². The molecule has 0 fully saturated rings. The van der Waals surface area contributed by atoms with Crippen LogP contribution < -0.4 is 4.90 Å². The number of carbonyl (C=O) groups excluding carboxylic acids is 1. The van der Waals surface area contributed by atoms with Gasteiger partial charge >= 0.3 is 0 Å². The van der Waals surface area contributed by atoms with Crippen LogP contribution in [0, 0.1) is 5.82 Å². The highest BCUT2D eigenvalue weighted by Crippen LogP contribution is 2.19. The molecule has 2 rings (SSSR count). The number of aromatic nitrogens is 1. The fraction of sp³-hybridized carbons (Fsp3) is 0.200. The molecule has 0 atom stereocenters. The Bertz CT molecular complexity index is 557. The molecule has 0 aliphatic heterocycles. The number of halogens is 1. The van der Waals surface area contributed by atoms with Gasteiger partial charge in [-0.25, -0.2) is 4.39 Å². The van der Waals surface area contributed by atoms with Crippen molar-refractivity contribution in [1.29, 1.82) is 0 Å². The molecule has 19 heavy (non-hydrogen) atoms. The van der Waals surface area contributed by atoms with Crippen molar-refractivity contribution in [2.45, 2.75) is 6.42 Å². The van der Waals surface area contributed by atoms with E-state index in [4.69, 9.17) is 0 Å². The van der Waals surface area contributed by atoms with E-state index >= 15 is 0 Å². The highest BCUT2D eigenvalue weighted by molar-refractivity contribution is 5.84. The summed E-state index contributed by atoms with van der Waals surface area (Å²) in [7, 11) is 1.88. The van der Waals surface area contributed by atoms with E-state index in [0.717, 1.165) is 17.8 Å². The highest BCUT2D eigenvalue weighted by Gasteiger charge is 2.08. The van der Waals surface area contributed by atoms with Crippen molar-refractivity contribution < 1.29 is 9.18 Å². The Morgan fingerprint density at radius 1 is 1.32 bits per heavy atom.